The van der Waals surface area contributed by atoms with Gasteiger partial charge in [-0.1, -0.05) is 25.6 Å². The molecule has 1 atom stereocenters. The van der Waals surface area contributed by atoms with E-state index in [1.54, 1.807) is 11.8 Å². The molecule has 2 N–H and O–H groups in total. The number of aliphatic imine (C=N–C) groups is 1. The molecule has 0 aromatic rings. The zero-order valence-corrected chi connectivity index (χ0v) is 11.2. The smallest absolute Gasteiger partial charge is 0.239 e. The van der Waals surface area contributed by atoms with E-state index in [-0.39, 0.29) is 23.3 Å². The maximum Gasteiger partial charge on any atom is 0.239 e. The van der Waals surface area contributed by atoms with Crippen molar-refractivity contribution in [1.29, 1.82) is 0 Å². The Bertz CT molecular complexity index is 322. The van der Waals surface area contributed by atoms with E-state index in [0.29, 0.717) is 5.92 Å². The second-order valence-corrected chi connectivity index (χ2v) is 6.30. The van der Waals surface area contributed by atoms with Crippen LogP contribution in [0.2, 0.25) is 0 Å². The Kier molecular flexibility index (Phi) is 4.09. The predicted octanol–water partition coefficient (Wildman–Crippen LogP) is 1.53. The molecule has 0 radical (unpaired) electrons. The van der Waals surface area contributed by atoms with E-state index >= 15 is 0 Å². The summed E-state index contributed by atoms with van der Waals surface area (Å²) in [6.45, 7) is 4.11. The van der Waals surface area contributed by atoms with Crippen LogP contribution in [-0.4, -0.2) is 33.6 Å². The maximum absolute atomic E-state index is 11.7. The first-order valence-electron chi connectivity index (χ1n) is 6.29. The highest BCUT2D eigenvalue weighted by Crippen LogP contribution is 2.28. The largest absolute Gasteiger partial charge is 0.393 e. The number of carbonyl (C=O) groups excluding carboxylic acids is 1. The Morgan fingerprint density at radius 2 is 2.00 bits per heavy atom. The molecule has 17 heavy (non-hydrogen) atoms. The monoisotopic (exact) mass is 256 g/mol. The molecule has 5 heteroatoms. The summed E-state index contributed by atoms with van der Waals surface area (Å²) >= 11 is 1.55. The molecule has 0 aromatic carbocycles. The molecule has 0 spiro atoms. The average molecular weight is 256 g/mol. The lowest BCUT2D eigenvalue weighted by Crippen LogP contribution is -2.28. The molecule has 2 fully saturated rings. The van der Waals surface area contributed by atoms with Gasteiger partial charge in [-0.25, -0.2) is 0 Å². The van der Waals surface area contributed by atoms with Crippen molar-refractivity contribution in [1.82, 2.24) is 5.32 Å². The van der Waals surface area contributed by atoms with Crippen LogP contribution in [0.3, 0.4) is 0 Å². The highest BCUT2D eigenvalue weighted by molar-refractivity contribution is 8.15. The van der Waals surface area contributed by atoms with E-state index in [0.717, 1.165) is 30.9 Å². The number of amides is 1. The Balaban J connectivity index is 1.93. The van der Waals surface area contributed by atoms with Crippen LogP contribution in [0, 0.1) is 5.92 Å². The van der Waals surface area contributed by atoms with Gasteiger partial charge in [-0.3, -0.25) is 9.79 Å². The lowest BCUT2D eigenvalue weighted by atomic mass is 9.94. The van der Waals surface area contributed by atoms with Crippen LogP contribution >= 0.6 is 11.8 Å². The van der Waals surface area contributed by atoms with Crippen molar-refractivity contribution in [3.05, 3.63) is 0 Å². The Labute approximate surface area is 106 Å². The highest BCUT2D eigenvalue weighted by Gasteiger charge is 2.33. The van der Waals surface area contributed by atoms with Crippen molar-refractivity contribution >= 4 is 22.8 Å². The van der Waals surface area contributed by atoms with Crippen LogP contribution in [0.25, 0.3) is 0 Å². The summed E-state index contributed by atoms with van der Waals surface area (Å²) in [7, 11) is 0. The first-order valence-corrected chi connectivity index (χ1v) is 7.17. The third-order valence-corrected chi connectivity index (χ3v) is 4.74. The Morgan fingerprint density at radius 1 is 1.35 bits per heavy atom. The molecule has 4 nitrogen and oxygen atoms in total. The van der Waals surface area contributed by atoms with Gasteiger partial charge in [0.1, 0.15) is 0 Å². The third kappa shape index (κ3) is 3.22. The first-order chi connectivity index (χ1) is 8.06. The molecule has 1 amide bonds. The second-order valence-electron chi connectivity index (χ2n) is 5.17. The van der Waals surface area contributed by atoms with Crippen LogP contribution in [0.1, 0.15) is 39.5 Å². The summed E-state index contributed by atoms with van der Waals surface area (Å²) in [6, 6.07) is 0.270. The fourth-order valence-corrected chi connectivity index (χ4v) is 3.28. The fourth-order valence-electron chi connectivity index (χ4n) is 2.23. The van der Waals surface area contributed by atoms with Gasteiger partial charge in [-0.2, -0.15) is 0 Å². The minimum absolute atomic E-state index is 0.00271. The fraction of sp³-hybridized carbons (Fsp3) is 0.833. The maximum atomic E-state index is 11.7. The molecular weight excluding hydrogens is 236 g/mol. The van der Waals surface area contributed by atoms with E-state index in [2.05, 4.69) is 24.2 Å². The normalized spacial score (nSPS) is 36.6. The molecule has 96 valence electrons. The van der Waals surface area contributed by atoms with Crippen LogP contribution in [0.5, 0.6) is 0 Å². The molecule has 0 aromatic heterocycles. The van der Waals surface area contributed by atoms with Gasteiger partial charge in [-0.05, 0) is 31.6 Å². The standard InChI is InChI=1S/C12H20N2O2S/c1-7(2)10-11(16)14-12(17-10)13-8-3-5-9(15)6-4-8/h7-10,15H,3-6H2,1-2H3,(H,13,14,16). The van der Waals surface area contributed by atoms with Crippen LogP contribution < -0.4 is 5.32 Å². The van der Waals surface area contributed by atoms with Gasteiger partial charge in [0.15, 0.2) is 5.17 Å². The van der Waals surface area contributed by atoms with Crippen molar-refractivity contribution in [2.75, 3.05) is 0 Å². The van der Waals surface area contributed by atoms with Crippen molar-refractivity contribution in [2.24, 2.45) is 10.9 Å². The van der Waals surface area contributed by atoms with Gasteiger partial charge >= 0.3 is 0 Å². The predicted molar refractivity (Wildman–Crippen MR) is 70.1 cm³/mol. The van der Waals surface area contributed by atoms with E-state index in [1.807, 2.05) is 0 Å². The summed E-state index contributed by atoms with van der Waals surface area (Å²) < 4.78 is 0. The van der Waals surface area contributed by atoms with Crippen molar-refractivity contribution in [3.63, 3.8) is 0 Å². The summed E-state index contributed by atoms with van der Waals surface area (Å²) in [5.74, 6) is 0.417. The number of aliphatic hydroxyl groups is 1. The lowest BCUT2D eigenvalue weighted by molar-refractivity contribution is -0.119. The zero-order valence-electron chi connectivity index (χ0n) is 10.3. The van der Waals surface area contributed by atoms with E-state index in [9.17, 15) is 9.90 Å². The summed E-state index contributed by atoms with van der Waals surface area (Å²) in [5, 5.41) is 13.1. The number of amidine groups is 1. The number of nitrogens with one attached hydrogen (secondary N) is 1. The van der Waals surface area contributed by atoms with Crippen LogP contribution in [0.15, 0.2) is 4.99 Å². The number of thioether (sulfide) groups is 1. The summed E-state index contributed by atoms with van der Waals surface area (Å²) in [5.41, 5.74) is 0. The van der Waals surface area contributed by atoms with E-state index < -0.39 is 0 Å². The van der Waals surface area contributed by atoms with Crippen molar-refractivity contribution < 1.29 is 9.90 Å². The van der Waals surface area contributed by atoms with Crippen molar-refractivity contribution in [3.8, 4) is 0 Å². The molecule has 1 saturated carbocycles. The van der Waals surface area contributed by atoms with Gasteiger partial charge in [0.25, 0.3) is 0 Å². The molecule has 2 rings (SSSR count). The van der Waals surface area contributed by atoms with Gasteiger partial charge in [0, 0.05) is 0 Å². The van der Waals surface area contributed by atoms with Gasteiger partial charge < -0.3 is 10.4 Å². The summed E-state index contributed by atoms with van der Waals surface area (Å²) in [6.07, 6.45) is 3.35. The van der Waals surface area contributed by atoms with Crippen LogP contribution in [-0.2, 0) is 4.79 Å². The molecule has 1 aliphatic heterocycles. The Morgan fingerprint density at radius 3 is 2.53 bits per heavy atom. The van der Waals surface area contributed by atoms with Crippen LogP contribution in [0.4, 0.5) is 0 Å². The van der Waals surface area contributed by atoms with Gasteiger partial charge in [0.2, 0.25) is 5.91 Å². The van der Waals surface area contributed by atoms with Crippen molar-refractivity contribution in [2.45, 2.75) is 56.9 Å². The van der Waals surface area contributed by atoms with E-state index in [4.69, 9.17) is 0 Å². The average Bonchev–Trinajstić information content (AvgIpc) is 2.63. The molecule has 1 aliphatic carbocycles. The van der Waals surface area contributed by atoms with Gasteiger partial charge in [0.05, 0.1) is 17.4 Å². The molecular formula is C12H20N2O2S. The lowest BCUT2D eigenvalue weighted by Gasteiger charge is -2.22. The topological polar surface area (TPSA) is 61.7 Å². The number of nitrogens with zero attached hydrogens (tertiary/aromatic N) is 1. The Hall–Kier alpha value is -0.550. The minimum atomic E-state index is -0.152. The number of hydrogen-bond acceptors (Lipinski definition) is 4. The van der Waals surface area contributed by atoms with Gasteiger partial charge in [-0.15, -0.1) is 0 Å². The minimum Gasteiger partial charge on any atom is -0.393 e. The number of rotatable bonds is 2. The van der Waals surface area contributed by atoms with E-state index in [1.165, 1.54) is 0 Å². The quantitative estimate of drug-likeness (QED) is 0.787. The third-order valence-electron chi connectivity index (χ3n) is 3.30. The molecule has 1 heterocycles. The number of hydrogen-bond donors (Lipinski definition) is 2. The molecule has 1 saturated heterocycles. The SMILES string of the molecule is CC(C)C1SC(=NC2CCC(O)CC2)NC1=O. The summed E-state index contributed by atoms with van der Waals surface area (Å²) in [4.78, 5) is 16.3. The zero-order chi connectivity index (χ0) is 12.4. The highest BCUT2D eigenvalue weighted by atomic mass is 32.2. The molecule has 0 bridgehead atoms. The second kappa shape index (κ2) is 5.40. The number of carbonyl (C=O) groups is 1. The molecule has 1 unspecified atom stereocenters. The molecule has 2 aliphatic rings. The first kappa shape index (κ1) is 12.9. The number of aliphatic hydroxyl groups excluding tert-OH is 1.